The fourth-order valence-corrected chi connectivity index (χ4v) is 11.1. The number of fused-ring (bicyclic) bond motifs is 3. The second-order valence-electron chi connectivity index (χ2n) is 18.3. The molecular weight excluding hydrogens is 913 g/mol. The molecule has 5 aliphatic heterocycles. The van der Waals surface area contributed by atoms with Crippen molar-refractivity contribution in [2.45, 2.75) is 76.9 Å². The molecule has 366 valence electrons. The van der Waals surface area contributed by atoms with Crippen LogP contribution in [0.3, 0.4) is 0 Å². The number of imide groups is 1. The van der Waals surface area contributed by atoms with Crippen molar-refractivity contribution in [1.29, 1.82) is 0 Å². The summed E-state index contributed by atoms with van der Waals surface area (Å²) in [6.45, 7) is 8.90. The van der Waals surface area contributed by atoms with Gasteiger partial charge in [0.1, 0.15) is 17.5 Å². The van der Waals surface area contributed by atoms with Gasteiger partial charge in [-0.25, -0.2) is 17.7 Å². The Kier molecular flexibility index (Phi) is 14.2. The van der Waals surface area contributed by atoms with Crippen LogP contribution in [-0.4, -0.2) is 145 Å². The van der Waals surface area contributed by atoms with E-state index in [4.69, 9.17) is 4.74 Å². The minimum atomic E-state index is -3.94. The zero-order chi connectivity index (χ0) is 49.1. The lowest BCUT2D eigenvalue weighted by atomic mass is 10.0. The Labute approximate surface area is 408 Å². The fourth-order valence-electron chi connectivity index (χ4n) is 10.1. The molecule has 4 aromatic rings. The molecule has 9 rings (SSSR count). The van der Waals surface area contributed by atoms with Gasteiger partial charge in [0.2, 0.25) is 27.8 Å². The van der Waals surface area contributed by atoms with Crippen LogP contribution in [0.1, 0.15) is 100 Å². The number of rotatable bonds is 13. The molecule has 6 heterocycles. The number of para-hydroxylation sites is 1. The molecule has 0 saturated carbocycles. The lowest BCUT2D eigenvalue weighted by Gasteiger charge is -2.42. The van der Waals surface area contributed by atoms with E-state index >= 15 is 0 Å². The van der Waals surface area contributed by atoms with E-state index in [9.17, 15) is 32.4 Å². The number of carbonyl (C=O) groups excluding carboxylic acids is 5. The maximum absolute atomic E-state index is 13.9. The van der Waals surface area contributed by atoms with Gasteiger partial charge in [0.05, 0.1) is 36.0 Å². The normalized spacial score (nSPS) is 18.9. The summed E-state index contributed by atoms with van der Waals surface area (Å²) < 4.78 is 33.5. The minimum absolute atomic E-state index is 0.0146. The van der Waals surface area contributed by atoms with Crippen LogP contribution in [0.5, 0.6) is 5.75 Å². The van der Waals surface area contributed by atoms with Gasteiger partial charge in [-0.1, -0.05) is 36.5 Å². The van der Waals surface area contributed by atoms with E-state index in [0.717, 1.165) is 92.9 Å². The maximum atomic E-state index is 13.9. The summed E-state index contributed by atoms with van der Waals surface area (Å²) in [7, 11) is -2.39. The number of piperazine rings is 1. The van der Waals surface area contributed by atoms with Gasteiger partial charge in [0, 0.05) is 88.4 Å². The van der Waals surface area contributed by atoms with E-state index in [2.05, 4.69) is 42.2 Å². The number of hydrogen-bond donors (Lipinski definition) is 2. The molecule has 5 amide bonds. The first-order chi connectivity index (χ1) is 33.8. The topological polar surface area (TPSA) is 198 Å². The lowest BCUT2D eigenvalue weighted by Crippen LogP contribution is -2.53. The molecule has 0 aliphatic carbocycles. The predicted octanol–water partition coefficient (Wildman–Crippen LogP) is 4.90. The number of sulfonamides is 1. The van der Waals surface area contributed by atoms with Gasteiger partial charge in [0.15, 0.2) is 5.82 Å². The molecule has 3 aromatic carbocycles. The Morgan fingerprint density at radius 1 is 0.886 bits per heavy atom. The van der Waals surface area contributed by atoms with Crippen molar-refractivity contribution in [1.82, 2.24) is 34.9 Å². The highest BCUT2D eigenvalue weighted by Gasteiger charge is 2.40. The van der Waals surface area contributed by atoms with Crippen LogP contribution in [-0.2, 0) is 26.2 Å². The zero-order valence-corrected chi connectivity index (χ0v) is 40.6. The summed E-state index contributed by atoms with van der Waals surface area (Å²) >= 11 is 0. The second kappa shape index (κ2) is 20.6. The van der Waals surface area contributed by atoms with Gasteiger partial charge in [-0.3, -0.25) is 34.2 Å². The number of nitrogens with zero attached hydrogens (tertiary/aromatic N) is 8. The molecule has 1 atom stereocenters. The summed E-state index contributed by atoms with van der Waals surface area (Å²) in [4.78, 5) is 83.5. The Morgan fingerprint density at radius 2 is 1.66 bits per heavy atom. The van der Waals surface area contributed by atoms with Gasteiger partial charge in [-0.05, 0) is 93.6 Å². The van der Waals surface area contributed by atoms with Crippen molar-refractivity contribution in [3.8, 4) is 17.6 Å². The number of ether oxygens (including phenoxy) is 1. The summed E-state index contributed by atoms with van der Waals surface area (Å²) in [6, 6.07) is 17.0. The van der Waals surface area contributed by atoms with E-state index in [0.29, 0.717) is 61.3 Å². The highest BCUT2D eigenvalue weighted by atomic mass is 32.2. The van der Waals surface area contributed by atoms with E-state index in [1.165, 1.54) is 11.1 Å². The third kappa shape index (κ3) is 10.1. The highest BCUT2D eigenvalue weighted by Crippen LogP contribution is 2.41. The third-order valence-corrected chi connectivity index (χ3v) is 14.9. The average Bonchev–Trinajstić information content (AvgIpc) is 3.65. The van der Waals surface area contributed by atoms with Gasteiger partial charge >= 0.3 is 0 Å². The van der Waals surface area contributed by atoms with Crippen LogP contribution in [0.2, 0.25) is 0 Å². The predicted molar refractivity (Wildman–Crippen MR) is 264 cm³/mol. The fraction of sp³-hybridized carbons (Fsp3) is 0.431. The van der Waals surface area contributed by atoms with Crippen LogP contribution in [0, 0.1) is 11.8 Å². The quantitative estimate of drug-likeness (QED) is 0.104. The van der Waals surface area contributed by atoms with Crippen molar-refractivity contribution < 1.29 is 37.1 Å². The van der Waals surface area contributed by atoms with E-state index < -0.39 is 27.9 Å². The van der Waals surface area contributed by atoms with E-state index in [1.807, 2.05) is 24.0 Å². The summed E-state index contributed by atoms with van der Waals surface area (Å²) in [5.74, 6) is 5.72. The number of carbonyl (C=O) groups is 5. The number of hydrogen-bond acceptors (Lipinski definition) is 13. The van der Waals surface area contributed by atoms with Crippen LogP contribution in [0.4, 0.5) is 28.8 Å². The van der Waals surface area contributed by atoms with Crippen LogP contribution in [0.15, 0.2) is 66.9 Å². The SMILES string of the molecule is CCOc1cc(C(=O)N2CCC(N3CCN(CCCCCC#Cc4cccc5c4CN(C4CCC(=O)NC4=O)C5=O)CC3)CC2)ccc1Nc1ncc2c(n1)N(S(C)(=O)=O)c1ccccc1C(=O)N2C. The number of anilines is 5. The Balaban J connectivity index is 0.724. The number of amides is 5. The van der Waals surface area contributed by atoms with Gasteiger partial charge in [0.25, 0.3) is 17.7 Å². The monoisotopic (exact) mass is 970 g/mol. The highest BCUT2D eigenvalue weighted by molar-refractivity contribution is 7.92. The third-order valence-electron chi connectivity index (χ3n) is 13.8. The molecule has 19 heteroatoms. The average molecular weight is 971 g/mol. The molecule has 70 heavy (non-hydrogen) atoms. The van der Waals surface area contributed by atoms with Crippen LogP contribution < -0.4 is 24.6 Å². The molecule has 0 bridgehead atoms. The number of unbranched alkanes of at least 4 members (excludes halogenated alkanes) is 3. The minimum Gasteiger partial charge on any atom is -0.492 e. The Morgan fingerprint density at radius 3 is 2.41 bits per heavy atom. The van der Waals surface area contributed by atoms with Crippen molar-refractivity contribution in [2.24, 2.45) is 0 Å². The van der Waals surface area contributed by atoms with E-state index in [-0.39, 0.29) is 52.8 Å². The lowest BCUT2D eigenvalue weighted by molar-refractivity contribution is -0.136. The first-order valence-electron chi connectivity index (χ1n) is 24.1. The van der Waals surface area contributed by atoms with Crippen molar-refractivity contribution >= 4 is 68.4 Å². The number of nitrogens with one attached hydrogen (secondary N) is 2. The second-order valence-corrected chi connectivity index (χ2v) is 20.2. The maximum Gasteiger partial charge on any atom is 0.260 e. The van der Waals surface area contributed by atoms with Crippen LogP contribution >= 0.6 is 0 Å². The summed E-state index contributed by atoms with van der Waals surface area (Å²) in [6.07, 6.45) is 8.76. The molecule has 3 saturated heterocycles. The summed E-state index contributed by atoms with van der Waals surface area (Å²) in [5.41, 5.74) is 3.84. The molecule has 3 fully saturated rings. The molecule has 2 N–H and O–H groups in total. The molecule has 0 spiro atoms. The standard InChI is InChI=1S/C51H58N10O8S/c1-4-69-44-31-35(18-19-40(44)53-51-52-32-43-46(55-51)61(70(3,67)68)41-17-10-9-15-38(41)49(65)56(43)2)48(64)59-25-22-36(23-26-59)58-29-27-57(28-30-58)24-11-7-5-6-8-13-34-14-12-16-37-39(34)33-60(50(37)66)42-20-21-45(62)54-47(42)63/h9-10,12,14-19,31-32,36,42H,4-7,11,20-30,33H2,1-3H3,(H,52,53,55)(H,54,62,63). The summed E-state index contributed by atoms with van der Waals surface area (Å²) in [5, 5.41) is 5.51. The molecule has 0 radical (unpaired) electrons. The molecule has 1 unspecified atom stereocenters. The number of aromatic nitrogens is 2. The Bertz CT molecular complexity index is 2890. The first kappa shape index (κ1) is 48.2. The van der Waals surface area contributed by atoms with Gasteiger partial charge in [-0.15, -0.1) is 0 Å². The number of benzene rings is 3. The van der Waals surface area contributed by atoms with Crippen LogP contribution in [0.25, 0.3) is 0 Å². The van der Waals surface area contributed by atoms with Gasteiger partial charge in [-0.2, -0.15) is 4.98 Å². The largest absolute Gasteiger partial charge is 0.492 e. The first-order valence-corrected chi connectivity index (χ1v) is 25.9. The van der Waals surface area contributed by atoms with Crippen molar-refractivity contribution in [2.75, 3.05) is 80.2 Å². The zero-order valence-electron chi connectivity index (χ0n) is 39.8. The van der Waals surface area contributed by atoms with Crippen molar-refractivity contribution in [3.63, 3.8) is 0 Å². The number of piperidine rings is 2. The molecule has 1 aromatic heterocycles. The van der Waals surface area contributed by atoms with Gasteiger partial charge < -0.3 is 29.7 Å². The molecular formula is C51H58N10O8S. The van der Waals surface area contributed by atoms with E-state index in [1.54, 1.807) is 60.5 Å². The van der Waals surface area contributed by atoms with Crippen molar-refractivity contribution in [3.05, 3.63) is 94.7 Å². The molecule has 5 aliphatic rings. The molecule has 18 nitrogen and oxygen atoms in total. The smallest absolute Gasteiger partial charge is 0.260 e. The number of likely N-dealkylation sites (tertiary alicyclic amines) is 1. The Hall–Kier alpha value is -6.88.